The highest BCUT2D eigenvalue weighted by atomic mass is 127. The van der Waals surface area contributed by atoms with Crippen LogP contribution in [0.1, 0.15) is 24.1 Å². The largest absolute Gasteiger partial charge is 0.496 e. The van der Waals surface area contributed by atoms with Gasteiger partial charge in [-0.25, -0.2) is 9.79 Å². The van der Waals surface area contributed by atoms with Gasteiger partial charge in [-0.15, -0.1) is 6.42 Å². The van der Waals surface area contributed by atoms with Crippen molar-refractivity contribution in [1.82, 2.24) is 4.57 Å². The van der Waals surface area contributed by atoms with Crippen molar-refractivity contribution in [2.45, 2.75) is 13.0 Å². The Hall–Kier alpha value is -3.27. The molecule has 196 valence electrons. The molecule has 4 rings (SSSR count). The van der Waals surface area contributed by atoms with Gasteiger partial charge in [0, 0.05) is 10.6 Å². The molecule has 0 N–H and O–H groups in total. The van der Waals surface area contributed by atoms with Crippen LogP contribution < -0.4 is 29.1 Å². The van der Waals surface area contributed by atoms with Crippen LogP contribution >= 0.6 is 45.5 Å². The first-order chi connectivity index (χ1) is 18.2. The lowest BCUT2D eigenvalue weighted by Gasteiger charge is -2.25. The Morgan fingerprint density at radius 1 is 1.24 bits per heavy atom. The fourth-order valence-corrected chi connectivity index (χ4v) is 6.14. The molecule has 0 spiro atoms. The molecule has 0 radical (unpaired) electrons. The van der Waals surface area contributed by atoms with Crippen molar-refractivity contribution in [2.75, 3.05) is 27.9 Å². The third kappa shape index (κ3) is 5.18. The van der Waals surface area contributed by atoms with Crippen LogP contribution in [-0.4, -0.2) is 38.5 Å². The van der Waals surface area contributed by atoms with Crippen molar-refractivity contribution >= 4 is 57.6 Å². The molecule has 1 aromatic heterocycles. The SMILES string of the molecule is C#CCOc1c(I)cc(/C=c2\sc3n(c2=O)[C@@H](c2cc(Cl)ccc2OC)C(C(=O)OC)=C(C)N=3)cc1OC. The second kappa shape index (κ2) is 11.6. The van der Waals surface area contributed by atoms with Crippen LogP contribution in [0.4, 0.5) is 0 Å². The second-order valence-corrected chi connectivity index (χ2v) is 10.6. The predicted octanol–water partition coefficient (Wildman–Crippen LogP) is 3.70. The number of aromatic nitrogens is 1. The van der Waals surface area contributed by atoms with E-state index in [0.29, 0.717) is 48.4 Å². The van der Waals surface area contributed by atoms with Crippen molar-refractivity contribution in [1.29, 1.82) is 0 Å². The first-order valence-electron chi connectivity index (χ1n) is 11.1. The topological polar surface area (TPSA) is 88.4 Å². The Balaban J connectivity index is 1.96. The molecule has 1 atom stereocenters. The van der Waals surface area contributed by atoms with E-state index in [1.165, 1.54) is 37.2 Å². The average molecular weight is 665 g/mol. The smallest absolute Gasteiger partial charge is 0.338 e. The second-order valence-electron chi connectivity index (χ2n) is 7.99. The van der Waals surface area contributed by atoms with Crippen LogP contribution in [0.5, 0.6) is 17.2 Å². The molecule has 8 nitrogen and oxygen atoms in total. The van der Waals surface area contributed by atoms with Gasteiger partial charge in [-0.2, -0.15) is 0 Å². The number of fused-ring (bicyclic) bond motifs is 1. The number of halogens is 2. The van der Waals surface area contributed by atoms with Crippen LogP contribution in [0.15, 0.2) is 51.4 Å². The van der Waals surface area contributed by atoms with Gasteiger partial charge in [-0.05, 0) is 71.5 Å². The van der Waals surface area contributed by atoms with Gasteiger partial charge >= 0.3 is 5.97 Å². The molecule has 0 saturated heterocycles. The molecule has 0 unspecified atom stereocenters. The minimum Gasteiger partial charge on any atom is -0.496 e. The molecule has 3 aromatic rings. The lowest BCUT2D eigenvalue weighted by Crippen LogP contribution is -2.40. The van der Waals surface area contributed by atoms with Crippen molar-refractivity contribution in [3.8, 4) is 29.6 Å². The van der Waals surface area contributed by atoms with Crippen LogP contribution in [0.25, 0.3) is 6.08 Å². The number of rotatable bonds is 7. The molecule has 1 aliphatic heterocycles. The monoisotopic (exact) mass is 664 g/mol. The number of ether oxygens (including phenoxy) is 4. The van der Waals surface area contributed by atoms with Crippen LogP contribution in [0.3, 0.4) is 0 Å². The maximum absolute atomic E-state index is 13.9. The molecule has 0 aliphatic carbocycles. The number of allylic oxidation sites excluding steroid dienone is 1. The number of carbonyl (C=O) groups is 1. The minimum atomic E-state index is -0.858. The first-order valence-corrected chi connectivity index (χ1v) is 13.4. The number of hydrogen-bond acceptors (Lipinski definition) is 8. The summed E-state index contributed by atoms with van der Waals surface area (Å²) < 4.78 is 24.4. The molecule has 1 aliphatic rings. The number of esters is 1. The standard InChI is InChI=1S/C27H22ClIN2O6S/c1-6-9-37-24-18(29)10-15(11-20(24)35-4)12-21-25(32)31-23(17-13-16(28)7-8-19(17)34-3)22(26(33)36-5)14(2)30-27(31)38-21/h1,7-8,10-13,23H,9H2,2-5H3/b21-12-/t23-/m0/s1. The van der Waals surface area contributed by atoms with Crippen LogP contribution in [0.2, 0.25) is 5.02 Å². The lowest BCUT2D eigenvalue weighted by atomic mass is 9.95. The highest BCUT2D eigenvalue weighted by Crippen LogP contribution is 2.37. The fraction of sp³-hybridized carbons (Fsp3) is 0.222. The fourth-order valence-electron chi connectivity index (χ4n) is 4.13. The molecular weight excluding hydrogens is 643 g/mol. The van der Waals surface area contributed by atoms with E-state index in [4.69, 9.17) is 37.0 Å². The van der Waals surface area contributed by atoms with Crippen molar-refractivity contribution in [3.63, 3.8) is 0 Å². The summed E-state index contributed by atoms with van der Waals surface area (Å²) in [5.41, 5.74) is 1.57. The Morgan fingerprint density at radius 3 is 2.63 bits per heavy atom. The Morgan fingerprint density at radius 2 is 1.97 bits per heavy atom. The Bertz CT molecular complexity index is 1680. The van der Waals surface area contributed by atoms with Gasteiger partial charge < -0.3 is 18.9 Å². The molecule has 0 bridgehead atoms. The average Bonchev–Trinajstić information content (AvgIpc) is 3.20. The van der Waals surface area contributed by atoms with E-state index < -0.39 is 12.0 Å². The number of methoxy groups -OCH3 is 3. The highest BCUT2D eigenvalue weighted by molar-refractivity contribution is 14.1. The number of carbonyl (C=O) groups excluding carboxylic acids is 1. The van der Waals surface area contributed by atoms with E-state index in [-0.39, 0.29) is 17.7 Å². The number of benzene rings is 2. The van der Waals surface area contributed by atoms with Gasteiger partial charge in [-0.1, -0.05) is 28.9 Å². The summed E-state index contributed by atoms with van der Waals surface area (Å²) in [7, 11) is 4.32. The zero-order chi connectivity index (χ0) is 27.6. The molecule has 0 amide bonds. The van der Waals surface area contributed by atoms with Gasteiger partial charge in [0.05, 0.1) is 40.7 Å². The van der Waals surface area contributed by atoms with E-state index >= 15 is 0 Å². The third-order valence-corrected chi connectivity index (χ3v) is 7.78. The highest BCUT2D eigenvalue weighted by Gasteiger charge is 2.35. The number of hydrogen-bond donors (Lipinski definition) is 0. The number of thiazole rings is 1. The molecule has 2 aromatic carbocycles. The summed E-state index contributed by atoms with van der Waals surface area (Å²) in [6.07, 6.45) is 7.06. The van der Waals surface area contributed by atoms with E-state index in [1.807, 2.05) is 6.07 Å². The summed E-state index contributed by atoms with van der Waals surface area (Å²) in [5.74, 6) is 3.31. The summed E-state index contributed by atoms with van der Waals surface area (Å²) in [6.45, 7) is 1.80. The number of nitrogens with zero attached hydrogens (tertiary/aromatic N) is 2. The van der Waals surface area contributed by atoms with E-state index in [1.54, 1.807) is 37.3 Å². The zero-order valence-corrected chi connectivity index (χ0v) is 24.6. The maximum Gasteiger partial charge on any atom is 0.338 e. The summed E-state index contributed by atoms with van der Waals surface area (Å²) in [6, 6.07) is 7.80. The van der Waals surface area contributed by atoms with Gasteiger partial charge in [0.25, 0.3) is 5.56 Å². The van der Waals surface area contributed by atoms with Crippen molar-refractivity contribution < 1.29 is 23.7 Å². The van der Waals surface area contributed by atoms with Gasteiger partial charge in [0.1, 0.15) is 18.4 Å². The molecule has 2 heterocycles. The normalized spacial score (nSPS) is 14.9. The van der Waals surface area contributed by atoms with Crippen molar-refractivity contribution in [2.24, 2.45) is 4.99 Å². The Kier molecular flexibility index (Phi) is 8.50. The maximum atomic E-state index is 13.9. The summed E-state index contributed by atoms with van der Waals surface area (Å²) in [4.78, 5) is 31.8. The molecule has 0 fully saturated rings. The van der Waals surface area contributed by atoms with Crippen LogP contribution in [0, 0.1) is 15.9 Å². The van der Waals surface area contributed by atoms with Gasteiger partial charge in [-0.3, -0.25) is 9.36 Å². The Labute approximate surface area is 241 Å². The molecule has 0 saturated carbocycles. The molecular formula is C27H22ClIN2O6S. The van der Waals surface area contributed by atoms with Crippen LogP contribution in [-0.2, 0) is 9.53 Å². The van der Waals surface area contributed by atoms with E-state index in [2.05, 4.69) is 33.5 Å². The minimum absolute atomic E-state index is 0.0964. The molecule has 38 heavy (non-hydrogen) atoms. The van der Waals surface area contributed by atoms with Crippen molar-refractivity contribution in [3.05, 3.63) is 81.0 Å². The molecule has 11 heteroatoms. The number of terminal acetylenes is 1. The first kappa shape index (κ1) is 27.8. The van der Waals surface area contributed by atoms with Gasteiger partial charge in [0.2, 0.25) is 0 Å². The summed E-state index contributed by atoms with van der Waals surface area (Å²) >= 11 is 9.65. The van der Waals surface area contributed by atoms with E-state index in [0.717, 1.165) is 3.57 Å². The van der Waals surface area contributed by atoms with Gasteiger partial charge in [0.15, 0.2) is 16.3 Å². The third-order valence-electron chi connectivity index (χ3n) is 5.76. The predicted molar refractivity (Wildman–Crippen MR) is 154 cm³/mol. The summed E-state index contributed by atoms with van der Waals surface area (Å²) in [5, 5.41) is 0.426. The zero-order valence-electron chi connectivity index (χ0n) is 20.8. The quantitative estimate of drug-likeness (QED) is 0.218. The van der Waals surface area contributed by atoms with E-state index in [9.17, 15) is 9.59 Å². The lowest BCUT2D eigenvalue weighted by molar-refractivity contribution is -0.136.